The summed E-state index contributed by atoms with van der Waals surface area (Å²) < 4.78 is 14.4. The van der Waals surface area contributed by atoms with Gasteiger partial charge in [-0.1, -0.05) is 12.2 Å². The molecule has 2 atom stereocenters. The predicted molar refractivity (Wildman–Crippen MR) is 29.9 cm³/mol. The summed E-state index contributed by atoms with van der Waals surface area (Å²) >= 11 is 0. The van der Waals surface area contributed by atoms with Crippen molar-refractivity contribution in [2.75, 3.05) is 0 Å². The van der Waals surface area contributed by atoms with Crippen LogP contribution in [-0.4, -0.2) is 11.0 Å². The molecule has 1 aliphatic carbocycles. The van der Waals surface area contributed by atoms with Crippen molar-refractivity contribution < 1.29 is 14.0 Å². The summed E-state index contributed by atoms with van der Waals surface area (Å²) in [5.74, 6) is 0. The van der Waals surface area contributed by atoms with E-state index < -0.39 is 8.25 Å². The second-order valence-corrected chi connectivity index (χ2v) is 2.35. The van der Waals surface area contributed by atoms with Crippen LogP contribution in [0, 0.1) is 0 Å². The van der Waals surface area contributed by atoms with Crippen LogP contribution in [0.5, 0.6) is 0 Å². The van der Waals surface area contributed by atoms with Gasteiger partial charge in [0.05, 0.1) is 6.10 Å². The first kappa shape index (κ1) is 6.02. The van der Waals surface area contributed by atoms with Crippen LogP contribution in [-0.2, 0) is 9.09 Å². The molecule has 0 aromatic rings. The van der Waals surface area contributed by atoms with Gasteiger partial charge in [-0.15, -0.1) is 0 Å². The van der Waals surface area contributed by atoms with E-state index in [2.05, 4.69) is 4.52 Å². The molecule has 2 unspecified atom stereocenters. The van der Waals surface area contributed by atoms with Gasteiger partial charge in [0.15, 0.2) is 0 Å². The summed E-state index contributed by atoms with van der Waals surface area (Å²) in [6, 6.07) is 0. The Morgan fingerprint density at radius 3 is 2.62 bits per heavy atom. The van der Waals surface area contributed by atoms with Gasteiger partial charge in [-0.05, 0) is 6.42 Å². The molecular formula is C4H7O3P. The first-order chi connectivity index (χ1) is 3.79. The van der Waals surface area contributed by atoms with Gasteiger partial charge >= 0.3 is 8.25 Å². The third-order valence-corrected chi connectivity index (χ3v) is 1.48. The molecule has 4 heteroatoms. The minimum Gasteiger partial charge on any atom is -0.326 e. The Hall–Kier alpha value is -0.110. The Kier molecular flexibility index (Phi) is 1.84. The second kappa shape index (κ2) is 2.44. The van der Waals surface area contributed by atoms with Crippen LogP contribution in [0.25, 0.3) is 0 Å². The van der Waals surface area contributed by atoms with Gasteiger partial charge in [0.1, 0.15) is 0 Å². The lowest BCUT2D eigenvalue weighted by atomic mass is 10.1. The van der Waals surface area contributed by atoms with Crippen LogP contribution in [0.4, 0.5) is 0 Å². The Labute approximate surface area is 47.9 Å². The molecule has 3 nitrogen and oxygen atoms in total. The van der Waals surface area contributed by atoms with Crippen LogP contribution in [0.15, 0.2) is 12.2 Å². The van der Waals surface area contributed by atoms with Crippen molar-refractivity contribution >= 4 is 8.25 Å². The fourth-order valence-corrected chi connectivity index (χ4v) is 0.898. The molecule has 0 heterocycles. The summed E-state index contributed by atoms with van der Waals surface area (Å²) in [7, 11) is -2.70. The highest BCUT2D eigenvalue weighted by Gasteiger charge is 2.11. The SMILES string of the molecule is O=[PH](O)OC1C=CC1. The van der Waals surface area contributed by atoms with E-state index >= 15 is 0 Å². The van der Waals surface area contributed by atoms with Gasteiger partial charge in [0.2, 0.25) is 0 Å². The fourth-order valence-electron chi connectivity index (χ4n) is 0.464. The number of rotatable bonds is 2. The molecular weight excluding hydrogens is 127 g/mol. The van der Waals surface area contributed by atoms with Crippen LogP contribution in [0.1, 0.15) is 6.42 Å². The average Bonchev–Trinajstić information content (AvgIpc) is 1.55. The highest BCUT2D eigenvalue weighted by molar-refractivity contribution is 7.32. The van der Waals surface area contributed by atoms with E-state index in [4.69, 9.17) is 4.89 Å². The number of hydrogen-bond acceptors (Lipinski definition) is 2. The van der Waals surface area contributed by atoms with Gasteiger partial charge in [-0.25, -0.2) is 0 Å². The van der Waals surface area contributed by atoms with Gasteiger partial charge in [0.25, 0.3) is 0 Å². The zero-order chi connectivity index (χ0) is 5.98. The smallest absolute Gasteiger partial charge is 0.317 e. The molecule has 0 spiro atoms. The van der Waals surface area contributed by atoms with Crippen molar-refractivity contribution in [3.63, 3.8) is 0 Å². The normalized spacial score (nSPS) is 29.4. The van der Waals surface area contributed by atoms with Gasteiger partial charge in [-0.2, -0.15) is 0 Å². The van der Waals surface area contributed by atoms with Crippen molar-refractivity contribution in [3.8, 4) is 0 Å². The average molecular weight is 134 g/mol. The third-order valence-electron chi connectivity index (χ3n) is 0.971. The topological polar surface area (TPSA) is 46.5 Å². The maximum Gasteiger partial charge on any atom is 0.317 e. The van der Waals surface area contributed by atoms with Crippen molar-refractivity contribution in [2.24, 2.45) is 0 Å². The molecule has 0 saturated carbocycles. The Balaban J connectivity index is 2.20. The summed E-state index contributed by atoms with van der Waals surface area (Å²) in [5, 5.41) is 0. The van der Waals surface area contributed by atoms with Crippen molar-refractivity contribution in [1.82, 2.24) is 0 Å². The third kappa shape index (κ3) is 1.44. The first-order valence-electron chi connectivity index (χ1n) is 2.35. The van der Waals surface area contributed by atoms with Crippen LogP contribution < -0.4 is 0 Å². The second-order valence-electron chi connectivity index (χ2n) is 1.59. The Morgan fingerprint density at radius 2 is 2.50 bits per heavy atom. The molecule has 0 amide bonds. The Bertz CT molecular complexity index is 131. The molecule has 0 saturated heterocycles. The summed E-state index contributed by atoms with van der Waals surface area (Å²) in [5.41, 5.74) is 0. The molecule has 0 bridgehead atoms. The van der Waals surface area contributed by atoms with E-state index in [-0.39, 0.29) is 6.10 Å². The number of hydrogen-bond donors (Lipinski definition) is 1. The molecule has 8 heavy (non-hydrogen) atoms. The molecule has 0 aliphatic heterocycles. The highest BCUT2D eigenvalue weighted by Crippen LogP contribution is 2.24. The van der Waals surface area contributed by atoms with E-state index in [1.54, 1.807) is 6.08 Å². The minimum atomic E-state index is -2.70. The molecule has 1 rings (SSSR count). The van der Waals surface area contributed by atoms with E-state index in [9.17, 15) is 4.57 Å². The summed E-state index contributed by atoms with van der Waals surface area (Å²) in [4.78, 5) is 8.18. The standard InChI is InChI=1S/C4H7O3P/c5-8(6)7-4-2-1-3-4/h1-2,4,8H,3H2,(H,5,6). The summed E-state index contributed by atoms with van der Waals surface area (Å²) in [6.45, 7) is 0. The maximum atomic E-state index is 9.93. The van der Waals surface area contributed by atoms with E-state index in [0.29, 0.717) is 0 Å². The lowest BCUT2D eigenvalue weighted by molar-refractivity contribution is 0.218. The van der Waals surface area contributed by atoms with Gasteiger partial charge in [0, 0.05) is 0 Å². The van der Waals surface area contributed by atoms with Crippen molar-refractivity contribution in [3.05, 3.63) is 12.2 Å². The lowest BCUT2D eigenvalue weighted by Crippen LogP contribution is -2.10. The zero-order valence-electron chi connectivity index (χ0n) is 4.20. The first-order valence-corrected chi connectivity index (χ1v) is 3.61. The molecule has 0 aromatic carbocycles. The van der Waals surface area contributed by atoms with Crippen LogP contribution in [0.3, 0.4) is 0 Å². The molecule has 0 fully saturated rings. The molecule has 46 valence electrons. The molecule has 1 N–H and O–H groups in total. The van der Waals surface area contributed by atoms with Crippen molar-refractivity contribution in [1.29, 1.82) is 0 Å². The van der Waals surface area contributed by atoms with Crippen molar-refractivity contribution in [2.45, 2.75) is 12.5 Å². The van der Waals surface area contributed by atoms with Crippen LogP contribution >= 0.6 is 8.25 Å². The fraction of sp³-hybridized carbons (Fsp3) is 0.500. The van der Waals surface area contributed by atoms with Crippen LogP contribution in [0.2, 0.25) is 0 Å². The maximum absolute atomic E-state index is 9.93. The Morgan fingerprint density at radius 1 is 1.88 bits per heavy atom. The largest absolute Gasteiger partial charge is 0.326 e. The van der Waals surface area contributed by atoms with E-state index in [0.717, 1.165) is 6.42 Å². The quantitative estimate of drug-likeness (QED) is 0.447. The molecule has 0 aromatic heterocycles. The van der Waals surface area contributed by atoms with Gasteiger partial charge < -0.3 is 9.42 Å². The molecule has 1 aliphatic rings. The van der Waals surface area contributed by atoms with E-state index in [1.807, 2.05) is 6.08 Å². The minimum absolute atomic E-state index is 0.0913. The monoisotopic (exact) mass is 134 g/mol. The molecule has 0 radical (unpaired) electrons. The highest BCUT2D eigenvalue weighted by atomic mass is 31.1. The summed E-state index contributed by atoms with van der Waals surface area (Å²) in [6.07, 6.45) is 4.34. The van der Waals surface area contributed by atoms with E-state index in [1.165, 1.54) is 0 Å². The predicted octanol–water partition coefficient (Wildman–Crippen LogP) is 0.713. The van der Waals surface area contributed by atoms with Gasteiger partial charge in [-0.3, -0.25) is 4.57 Å². The lowest BCUT2D eigenvalue weighted by Gasteiger charge is -2.14. The zero-order valence-corrected chi connectivity index (χ0v) is 5.20.